The Kier molecular flexibility index (Phi) is 3.22. The molecular weight excluding hydrogens is 264 g/mol. The van der Waals surface area contributed by atoms with E-state index in [-0.39, 0.29) is 16.0 Å². The molecule has 3 nitrogen and oxygen atoms in total. The van der Waals surface area contributed by atoms with Gasteiger partial charge < -0.3 is 0 Å². The summed E-state index contributed by atoms with van der Waals surface area (Å²) in [7, 11) is 0. The molecule has 0 aliphatic heterocycles. The first-order valence-corrected chi connectivity index (χ1v) is 4.57. The van der Waals surface area contributed by atoms with Gasteiger partial charge in [0.05, 0.1) is 15.5 Å². The topological polar surface area (TPSA) is 43.1 Å². The number of alkyl halides is 1. The van der Waals surface area contributed by atoms with Gasteiger partial charge in [-0.05, 0) is 27.6 Å². The lowest BCUT2D eigenvalue weighted by atomic mass is 10.2. The Hall–Kier alpha value is -0.680. The highest BCUT2D eigenvalue weighted by atomic mass is 79.9. The van der Waals surface area contributed by atoms with Crippen LogP contribution >= 0.6 is 27.5 Å². The van der Waals surface area contributed by atoms with Gasteiger partial charge in [0.2, 0.25) is 0 Å². The summed E-state index contributed by atoms with van der Waals surface area (Å²) in [5.41, 5.74) is 0.0593. The minimum Gasteiger partial charge on any atom is -0.258 e. The molecule has 0 aromatic heterocycles. The van der Waals surface area contributed by atoms with Crippen LogP contribution in [0.3, 0.4) is 0 Å². The summed E-state index contributed by atoms with van der Waals surface area (Å²) in [6, 6.07) is 2.00. The molecule has 0 unspecified atom stereocenters. The van der Waals surface area contributed by atoms with E-state index in [4.69, 9.17) is 11.6 Å². The third-order valence-electron chi connectivity index (χ3n) is 1.43. The summed E-state index contributed by atoms with van der Waals surface area (Å²) in [6.45, 7) is 0. The highest BCUT2D eigenvalue weighted by Crippen LogP contribution is 2.30. The molecule has 70 valence electrons. The van der Waals surface area contributed by atoms with Gasteiger partial charge in [-0.25, -0.2) is 4.39 Å². The summed E-state index contributed by atoms with van der Waals surface area (Å²) in [5.74, 6) is -0.635. The van der Waals surface area contributed by atoms with Crippen LogP contribution in [-0.2, 0) is 5.88 Å². The third-order valence-corrected chi connectivity index (χ3v) is 2.64. The molecule has 0 amide bonds. The molecule has 0 N–H and O–H groups in total. The van der Waals surface area contributed by atoms with Crippen LogP contribution in [0.25, 0.3) is 0 Å². The molecule has 0 radical (unpaired) electrons. The van der Waals surface area contributed by atoms with Crippen molar-refractivity contribution in [3.05, 3.63) is 38.1 Å². The van der Waals surface area contributed by atoms with Crippen LogP contribution in [0.15, 0.2) is 16.6 Å². The van der Waals surface area contributed by atoms with Gasteiger partial charge >= 0.3 is 0 Å². The SMILES string of the molecule is O=[N+]([O-])c1cc(F)cc(CCl)c1Br. The molecule has 1 aromatic rings. The number of hydrogen-bond acceptors (Lipinski definition) is 2. The van der Waals surface area contributed by atoms with Crippen molar-refractivity contribution in [1.82, 2.24) is 0 Å². The van der Waals surface area contributed by atoms with Crippen LogP contribution < -0.4 is 0 Å². The Bertz CT molecular complexity index is 359. The molecule has 0 aliphatic carbocycles. The maximum atomic E-state index is 12.8. The van der Waals surface area contributed by atoms with Crippen LogP contribution in [0.2, 0.25) is 0 Å². The maximum Gasteiger partial charge on any atom is 0.286 e. The van der Waals surface area contributed by atoms with E-state index < -0.39 is 10.7 Å². The summed E-state index contributed by atoms with van der Waals surface area (Å²) < 4.78 is 13.0. The Labute approximate surface area is 86.8 Å². The van der Waals surface area contributed by atoms with E-state index in [9.17, 15) is 14.5 Å². The Morgan fingerprint density at radius 2 is 2.23 bits per heavy atom. The Balaban J connectivity index is 3.35. The third kappa shape index (κ3) is 2.16. The van der Waals surface area contributed by atoms with Crippen molar-refractivity contribution in [1.29, 1.82) is 0 Å². The largest absolute Gasteiger partial charge is 0.286 e. The molecule has 6 heteroatoms. The van der Waals surface area contributed by atoms with Gasteiger partial charge in [-0.2, -0.15) is 0 Å². The predicted octanol–water partition coefficient (Wildman–Crippen LogP) is 3.24. The first-order chi connectivity index (χ1) is 6.06. The van der Waals surface area contributed by atoms with Crippen LogP contribution in [0.1, 0.15) is 5.56 Å². The normalized spacial score (nSPS) is 10.1. The molecule has 13 heavy (non-hydrogen) atoms. The van der Waals surface area contributed by atoms with E-state index in [0.717, 1.165) is 12.1 Å². The second-order valence-corrected chi connectivity index (χ2v) is 3.35. The van der Waals surface area contributed by atoms with Gasteiger partial charge in [0.25, 0.3) is 5.69 Å². The minimum absolute atomic E-state index is 0.0270. The first-order valence-electron chi connectivity index (χ1n) is 3.24. The number of nitro groups is 1. The fourth-order valence-corrected chi connectivity index (χ4v) is 1.75. The van der Waals surface area contributed by atoms with E-state index in [2.05, 4.69) is 15.9 Å². The van der Waals surface area contributed by atoms with Gasteiger partial charge in [-0.1, -0.05) is 0 Å². The number of halogens is 3. The minimum atomic E-state index is -0.663. The molecule has 0 fully saturated rings. The van der Waals surface area contributed by atoms with E-state index in [1.165, 1.54) is 0 Å². The highest BCUT2D eigenvalue weighted by molar-refractivity contribution is 9.10. The van der Waals surface area contributed by atoms with Gasteiger partial charge in [0.15, 0.2) is 0 Å². The van der Waals surface area contributed by atoms with Gasteiger partial charge in [-0.15, -0.1) is 11.6 Å². The quantitative estimate of drug-likeness (QED) is 0.469. The molecular formula is C7H4BrClFNO2. The van der Waals surface area contributed by atoms with Gasteiger partial charge in [-0.3, -0.25) is 10.1 Å². The summed E-state index contributed by atoms with van der Waals surface area (Å²) >= 11 is 8.44. The lowest BCUT2D eigenvalue weighted by Crippen LogP contribution is -1.94. The van der Waals surface area contributed by atoms with Crippen LogP contribution in [0, 0.1) is 15.9 Å². The van der Waals surface area contributed by atoms with E-state index >= 15 is 0 Å². The van der Waals surface area contributed by atoms with Crippen LogP contribution in [-0.4, -0.2) is 4.92 Å². The van der Waals surface area contributed by atoms with Crippen molar-refractivity contribution in [2.45, 2.75) is 5.88 Å². The highest BCUT2D eigenvalue weighted by Gasteiger charge is 2.16. The van der Waals surface area contributed by atoms with Crippen molar-refractivity contribution >= 4 is 33.2 Å². The fraction of sp³-hybridized carbons (Fsp3) is 0.143. The maximum absolute atomic E-state index is 12.8. The predicted molar refractivity (Wildman–Crippen MR) is 50.3 cm³/mol. The van der Waals surface area contributed by atoms with E-state index in [0.29, 0.717) is 5.56 Å². The molecule has 0 saturated heterocycles. The zero-order valence-corrected chi connectivity index (χ0v) is 8.60. The van der Waals surface area contributed by atoms with E-state index in [1.807, 2.05) is 0 Å². The van der Waals surface area contributed by atoms with Gasteiger partial charge in [0, 0.05) is 5.88 Å². The van der Waals surface area contributed by atoms with Crippen LogP contribution in [0.4, 0.5) is 10.1 Å². The zero-order valence-electron chi connectivity index (χ0n) is 6.26. The summed E-state index contributed by atoms with van der Waals surface area (Å²) in [4.78, 5) is 9.74. The summed E-state index contributed by atoms with van der Waals surface area (Å²) in [5, 5.41) is 10.4. The molecule has 0 heterocycles. The lowest BCUT2D eigenvalue weighted by molar-refractivity contribution is -0.385. The molecule has 1 aromatic carbocycles. The first kappa shape index (κ1) is 10.4. The smallest absolute Gasteiger partial charge is 0.258 e. The molecule has 1 rings (SSSR count). The average molecular weight is 268 g/mol. The van der Waals surface area contributed by atoms with Crippen molar-refractivity contribution in [3.63, 3.8) is 0 Å². The number of nitrogens with zero attached hydrogens (tertiary/aromatic N) is 1. The number of nitro benzene ring substituents is 1. The second kappa shape index (κ2) is 4.02. The molecule has 0 aliphatic rings. The summed E-state index contributed by atoms with van der Waals surface area (Å²) in [6.07, 6.45) is 0. The average Bonchev–Trinajstić information content (AvgIpc) is 2.08. The lowest BCUT2D eigenvalue weighted by Gasteiger charge is -2.01. The Morgan fingerprint density at radius 1 is 1.62 bits per heavy atom. The number of rotatable bonds is 2. The zero-order chi connectivity index (χ0) is 10.0. The van der Waals surface area contributed by atoms with Crippen molar-refractivity contribution in [3.8, 4) is 0 Å². The van der Waals surface area contributed by atoms with Gasteiger partial charge in [0.1, 0.15) is 5.82 Å². The van der Waals surface area contributed by atoms with Crippen LogP contribution in [0.5, 0.6) is 0 Å². The van der Waals surface area contributed by atoms with Crippen molar-refractivity contribution in [2.24, 2.45) is 0 Å². The second-order valence-electron chi connectivity index (χ2n) is 2.29. The monoisotopic (exact) mass is 267 g/mol. The Morgan fingerprint density at radius 3 is 2.69 bits per heavy atom. The van der Waals surface area contributed by atoms with E-state index in [1.54, 1.807) is 0 Å². The van der Waals surface area contributed by atoms with Crippen molar-refractivity contribution < 1.29 is 9.31 Å². The van der Waals surface area contributed by atoms with Crippen molar-refractivity contribution in [2.75, 3.05) is 0 Å². The molecule has 0 saturated carbocycles. The fourth-order valence-electron chi connectivity index (χ4n) is 0.860. The molecule has 0 bridgehead atoms. The standard InChI is InChI=1S/C7H4BrClFNO2/c8-7-4(3-9)1-5(10)2-6(7)11(12)13/h1-2H,3H2. The number of benzene rings is 1. The number of hydrogen-bond donors (Lipinski definition) is 0. The molecule has 0 spiro atoms. The molecule has 0 atom stereocenters.